The highest BCUT2D eigenvalue weighted by Gasteiger charge is 2.32. The summed E-state index contributed by atoms with van der Waals surface area (Å²) in [6.45, 7) is 0. The van der Waals surface area contributed by atoms with E-state index in [1.54, 1.807) is 0 Å². The first-order valence-corrected chi connectivity index (χ1v) is 3.70. The molecule has 1 rings (SSSR count). The number of nitrogens with zero attached hydrogens (tertiary/aromatic N) is 1. The summed E-state index contributed by atoms with van der Waals surface area (Å²) in [5.41, 5.74) is 0. The number of carbonyl (C=O) groups is 3. The van der Waals surface area contributed by atoms with E-state index >= 15 is 0 Å². The topological polar surface area (TPSA) is 87.5 Å². The van der Waals surface area contributed by atoms with E-state index in [1.807, 2.05) is 0 Å². The molecule has 0 unspecified atom stereocenters. The fourth-order valence-corrected chi connectivity index (χ4v) is 0.880. The van der Waals surface area contributed by atoms with E-state index in [0.717, 1.165) is 6.21 Å². The maximum absolute atomic E-state index is 10.9. The zero-order valence-corrected chi connectivity index (χ0v) is 6.78. The molecule has 0 spiro atoms. The van der Waals surface area contributed by atoms with Gasteiger partial charge in [-0.2, -0.15) is 0 Å². The van der Waals surface area contributed by atoms with Crippen LogP contribution in [0.2, 0.25) is 0 Å². The Morgan fingerprint density at radius 2 is 2.00 bits per heavy atom. The Bertz CT molecular complexity index is 258. The number of nitrogens with one attached hydrogen (secondary N) is 1. The van der Waals surface area contributed by atoms with Gasteiger partial charge < -0.3 is 10.2 Å². The SMILES string of the molecule is N=CCC(=O)ON1C(=O)CCC1=O. The first kappa shape index (κ1) is 9.37. The van der Waals surface area contributed by atoms with Crippen LogP contribution < -0.4 is 0 Å². The van der Waals surface area contributed by atoms with E-state index in [1.165, 1.54) is 0 Å². The van der Waals surface area contributed by atoms with Gasteiger partial charge in [0.05, 0.1) is 6.42 Å². The molecule has 2 amide bonds. The zero-order chi connectivity index (χ0) is 9.84. The minimum Gasteiger partial charge on any atom is -0.330 e. The fraction of sp³-hybridized carbons (Fsp3) is 0.429. The number of carbonyl (C=O) groups excluding carboxylic acids is 3. The van der Waals surface area contributed by atoms with Crippen LogP contribution >= 0.6 is 0 Å². The summed E-state index contributed by atoms with van der Waals surface area (Å²) in [7, 11) is 0. The summed E-state index contributed by atoms with van der Waals surface area (Å²) >= 11 is 0. The van der Waals surface area contributed by atoms with E-state index in [4.69, 9.17) is 5.41 Å². The molecule has 1 aliphatic heterocycles. The number of hydrogen-bond acceptors (Lipinski definition) is 5. The predicted molar refractivity (Wildman–Crippen MR) is 40.6 cm³/mol. The van der Waals surface area contributed by atoms with Crippen LogP contribution in [0.4, 0.5) is 0 Å². The minimum absolute atomic E-state index is 0.0801. The van der Waals surface area contributed by atoms with Gasteiger partial charge in [0.25, 0.3) is 11.8 Å². The van der Waals surface area contributed by atoms with Gasteiger partial charge in [-0.3, -0.25) is 9.59 Å². The number of rotatable bonds is 3. The number of hydroxylamine groups is 2. The second kappa shape index (κ2) is 3.79. The van der Waals surface area contributed by atoms with Crippen molar-refractivity contribution in [3.63, 3.8) is 0 Å². The smallest absolute Gasteiger partial charge is 0.330 e. The molecule has 1 N–H and O–H groups in total. The average molecular weight is 184 g/mol. The monoisotopic (exact) mass is 184 g/mol. The molecule has 0 aliphatic carbocycles. The Balaban J connectivity index is 2.52. The summed E-state index contributed by atoms with van der Waals surface area (Å²) in [4.78, 5) is 37.0. The van der Waals surface area contributed by atoms with Crippen LogP contribution in [0.25, 0.3) is 0 Å². The van der Waals surface area contributed by atoms with E-state index < -0.39 is 17.8 Å². The normalized spacial score (nSPS) is 16.2. The molecule has 0 bridgehead atoms. The van der Waals surface area contributed by atoms with Gasteiger partial charge in [-0.15, -0.1) is 5.06 Å². The lowest BCUT2D eigenvalue weighted by Gasteiger charge is -2.10. The third-order valence-electron chi connectivity index (χ3n) is 1.47. The molecular formula is C7H8N2O4. The standard InChI is InChI=1S/C7H8N2O4/c8-4-3-7(12)13-9-5(10)1-2-6(9)11/h4,8H,1-3H2. The summed E-state index contributed by atoms with van der Waals surface area (Å²) in [5.74, 6) is -1.80. The Hall–Kier alpha value is -1.72. The highest BCUT2D eigenvalue weighted by molar-refractivity contribution is 6.02. The van der Waals surface area contributed by atoms with Crippen molar-refractivity contribution in [1.82, 2.24) is 5.06 Å². The van der Waals surface area contributed by atoms with Crippen LogP contribution in [0.5, 0.6) is 0 Å². The van der Waals surface area contributed by atoms with Gasteiger partial charge in [-0.25, -0.2) is 4.79 Å². The number of hydrogen-bond donors (Lipinski definition) is 1. The van der Waals surface area contributed by atoms with Crippen molar-refractivity contribution in [3.05, 3.63) is 0 Å². The Morgan fingerprint density at radius 3 is 2.46 bits per heavy atom. The largest absolute Gasteiger partial charge is 0.338 e. The summed E-state index contributed by atoms with van der Waals surface area (Å²) in [5, 5.41) is 7.06. The van der Waals surface area contributed by atoms with Crippen LogP contribution in [0.3, 0.4) is 0 Å². The van der Waals surface area contributed by atoms with E-state index in [0.29, 0.717) is 5.06 Å². The molecule has 0 saturated carbocycles. The predicted octanol–water partition coefficient (Wildman–Crippen LogP) is -0.367. The fourth-order valence-electron chi connectivity index (χ4n) is 0.880. The molecule has 0 aromatic rings. The summed E-state index contributed by atoms with van der Waals surface area (Å²) in [6, 6.07) is 0. The summed E-state index contributed by atoms with van der Waals surface area (Å²) < 4.78 is 0. The summed E-state index contributed by atoms with van der Waals surface area (Å²) in [6.07, 6.45) is 0.762. The molecule has 1 aliphatic rings. The molecule has 1 saturated heterocycles. The quantitative estimate of drug-likeness (QED) is 0.479. The molecular weight excluding hydrogens is 176 g/mol. The highest BCUT2D eigenvalue weighted by atomic mass is 16.7. The van der Waals surface area contributed by atoms with Crippen molar-refractivity contribution < 1.29 is 19.2 Å². The van der Waals surface area contributed by atoms with Crippen LogP contribution in [0, 0.1) is 5.41 Å². The van der Waals surface area contributed by atoms with E-state index in [9.17, 15) is 14.4 Å². The van der Waals surface area contributed by atoms with Gasteiger partial charge in [-0.05, 0) is 0 Å². The Labute approximate surface area is 73.9 Å². The van der Waals surface area contributed by atoms with Crippen LogP contribution in [0.1, 0.15) is 19.3 Å². The Kier molecular flexibility index (Phi) is 2.73. The lowest BCUT2D eigenvalue weighted by Crippen LogP contribution is -2.32. The second-order valence-electron chi connectivity index (χ2n) is 2.45. The molecule has 13 heavy (non-hydrogen) atoms. The van der Waals surface area contributed by atoms with Gasteiger partial charge >= 0.3 is 5.97 Å². The van der Waals surface area contributed by atoms with Crippen molar-refractivity contribution in [2.45, 2.75) is 19.3 Å². The Morgan fingerprint density at radius 1 is 1.46 bits per heavy atom. The lowest BCUT2D eigenvalue weighted by atomic mass is 10.4. The van der Waals surface area contributed by atoms with Crippen LogP contribution in [-0.4, -0.2) is 29.1 Å². The van der Waals surface area contributed by atoms with E-state index in [-0.39, 0.29) is 19.3 Å². The van der Waals surface area contributed by atoms with Gasteiger partial charge in [0.1, 0.15) is 0 Å². The molecule has 0 aromatic heterocycles. The van der Waals surface area contributed by atoms with Crippen molar-refractivity contribution >= 4 is 24.0 Å². The maximum atomic E-state index is 10.9. The maximum Gasteiger partial charge on any atom is 0.338 e. The molecule has 0 aromatic carbocycles. The van der Waals surface area contributed by atoms with Crippen molar-refractivity contribution in [2.75, 3.05) is 0 Å². The van der Waals surface area contributed by atoms with Gasteiger partial charge in [0.15, 0.2) is 0 Å². The van der Waals surface area contributed by atoms with Crippen LogP contribution in [0.15, 0.2) is 0 Å². The second-order valence-corrected chi connectivity index (χ2v) is 2.45. The first-order chi connectivity index (χ1) is 6.15. The van der Waals surface area contributed by atoms with Gasteiger partial charge in [0, 0.05) is 19.1 Å². The number of amides is 2. The molecule has 70 valence electrons. The van der Waals surface area contributed by atoms with Crippen molar-refractivity contribution in [1.29, 1.82) is 5.41 Å². The molecule has 0 radical (unpaired) electrons. The highest BCUT2D eigenvalue weighted by Crippen LogP contribution is 2.12. The van der Waals surface area contributed by atoms with Crippen molar-refractivity contribution in [2.24, 2.45) is 0 Å². The minimum atomic E-state index is -0.779. The van der Waals surface area contributed by atoms with E-state index in [2.05, 4.69) is 4.84 Å². The molecule has 6 heteroatoms. The molecule has 0 atom stereocenters. The first-order valence-electron chi connectivity index (χ1n) is 3.70. The third kappa shape index (κ3) is 2.11. The molecule has 1 heterocycles. The zero-order valence-electron chi connectivity index (χ0n) is 6.78. The average Bonchev–Trinajstić information content (AvgIpc) is 2.36. The van der Waals surface area contributed by atoms with Gasteiger partial charge in [0.2, 0.25) is 0 Å². The molecule has 1 fully saturated rings. The number of imide groups is 1. The third-order valence-corrected chi connectivity index (χ3v) is 1.47. The molecule has 6 nitrogen and oxygen atoms in total. The van der Waals surface area contributed by atoms with Gasteiger partial charge in [-0.1, -0.05) is 0 Å². The lowest BCUT2D eigenvalue weighted by molar-refractivity contribution is -0.196. The van der Waals surface area contributed by atoms with Crippen LogP contribution in [-0.2, 0) is 19.2 Å². The van der Waals surface area contributed by atoms with Crippen molar-refractivity contribution in [3.8, 4) is 0 Å².